The molecule has 5 heteroatoms. The fourth-order valence-electron chi connectivity index (χ4n) is 4.98. The van der Waals surface area contributed by atoms with Crippen LogP contribution in [0.15, 0.2) is 53.6 Å². The molecule has 0 spiro atoms. The van der Waals surface area contributed by atoms with Gasteiger partial charge in [0.25, 0.3) is 5.91 Å². The highest BCUT2D eigenvalue weighted by Crippen LogP contribution is 2.32. The van der Waals surface area contributed by atoms with Gasteiger partial charge >= 0.3 is 5.97 Å². The maximum atomic E-state index is 13.4. The molecule has 0 saturated carbocycles. The van der Waals surface area contributed by atoms with Gasteiger partial charge in [-0.05, 0) is 82.4 Å². The van der Waals surface area contributed by atoms with E-state index in [1.165, 1.54) is 11.1 Å². The molecule has 0 radical (unpaired) electrons. The number of likely N-dealkylation sites (tertiary alicyclic amines) is 1. The molecule has 1 N–H and O–H groups in total. The van der Waals surface area contributed by atoms with Crippen LogP contribution < -0.4 is 0 Å². The van der Waals surface area contributed by atoms with E-state index >= 15 is 0 Å². The summed E-state index contributed by atoms with van der Waals surface area (Å²) in [5, 5.41) is 9.71. The number of allylic oxidation sites excluding steroid dienone is 3. The van der Waals surface area contributed by atoms with E-state index in [-0.39, 0.29) is 11.5 Å². The number of carboxylic acids is 1. The lowest BCUT2D eigenvalue weighted by Crippen LogP contribution is -2.40. The highest BCUT2D eigenvalue weighted by Gasteiger charge is 2.28. The third kappa shape index (κ3) is 4.09. The second kappa shape index (κ2) is 8.58. The fourth-order valence-corrected chi connectivity index (χ4v) is 4.98. The van der Waals surface area contributed by atoms with E-state index in [9.17, 15) is 14.7 Å². The number of hydrogen-bond acceptors (Lipinski definition) is 2. The number of hydrogen-bond donors (Lipinski definition) is 1. The van der Waals surface area contributed by atoms with E-state index in [0.29, 0.717) is 23.7 Å². The van der Waals surface area contributed by atoms with E-state index in [2.05, 4.69) is 19.1 Å². The van der Waals surface area contributed by atoms with Crippen LogP contribution in [0.1, 0.15) is 64.7 Å². The van der Waals surface area contributed by atoms with Crippen molar-refractivity contribution in [1.82, 2.24) is 9.47 Å². The Balaban J connectivity index is 1.64. The number of carbonyl (C=O) groups excluding carboxylic acids is 1. The molecule has 1 aromatic carbocycles. The molecular formula is C26H30N2O3. The Labute approximate surface area is 183 Å². The van der Waals surface area contributed by atoms with Crippen LogP contribution in [0.4, 0.5) is 0 Å². The van der Waals surface area contributed by atoms with E-state index < -0.39 is 5.97 Å². The number of aromatic nitrogens is 1. The summed E-state index contributed by atoms with van der Waals surface area (Å²) in [7, 11) is 0. The lowest BCUT2D eigenvalue weighted by molar-refractivity contribution is 0.0680. The third-order valence-electron chi connectivity index (χ3n) is 6.57. The summed E-state index contributed by atoms with van der Waals surface area (Å²) in [5.41, 5.74) is 5.90. The molecule has 1 fully saturated rings. The topological polar surface area (TPSA) is 62.5 Å². The first-order chi connectivity index (χ1) is 14.9. The minimum Gasteiger partial charge on any atom is -0.478 e. The molecule has 5 nitrogen and oxygen atoms in total. The molecule has 1 atom stereocenters. The van der Waals surface area contributed by atoms with E-state index in [4.69, 9.17) is 0 Å². The Hall–Kier alpha value is -3.08. The monoisotopic (exact) mass is 418 g/mol. The predicted octanol–water partition coefficient (Wildman–Crippen LogP) is 5.31. The largest absolute Gasteiger partial charge is 0.478 e. The number of carboxylic acid groups (broad SMARTS) is 1. The molecule has 162 valence electrons. The van der Waals surface area contributed by atoms with Gasteiger partial charge in [-0.1, -0.05) is 17.7 Å². The molecule has 0 bridgehead atoms. The van der Waals surface area contributed by atoms with Crippen molar-refractivity contribution < 1.29 is 14.7 Å². The number of nitrogens with zero attached hydrogens (tertiary/aromatic N) is 2. The smallest absolute Gasteiger partial charge is 0.337 e. The van der Waals surface area contributed by atoms with Crippen molar-refractivity contribution in [2.45, 2.75) is 46.5 Å². The first-order valence-electron chi connectivity index (χ1n) is 11.1. The zero-order chi connectivity index (χ0) is 22.1. The van der Waals surface area contributed by atoms with Gasteiger partial charge in [-0.3, -0.25) is 4.79 Å². The molecule has 1 saturated heterocycles. The minimum atomic E-state index is -0.994. The minimum absolute atomic E-state index is 0.0246. The van der Waals surface area contributed by atoms with Crippen LogP contribution >= 0.6 is 0 Å². The van der Waals surface area contributed by atoms with Crippen molar-refractivity contribution in [3.8, 4) is 5.69 Å². The average molecular weight is 419 g/mol. The summed E-state index contributed by atoms with van der Waals surface area (Å²) in [6, 6.07) is 8.86. The van der Waals surface area contributed by atoms with Crippen molar-refractivity contribution in [3.63, 3.8) is 0 Å². The first-order valence-corrected chi connectivity index (χ1v) is 11.1. The van der Waals surface area contributed by atoms with Crippen LogP contribution in [0, 0.1) is 19.8 Å². The van der Waals surface area contributed by atoms with E-state index in [1.54, 1.807) is 18.2 Å². The van der Waals surface area contributed by atoms with Gasteiger partial charge in [-0.15, -0.1) is 0 Å². The zero-order valence-corrected chi connectivity index (χ0v) is 18.5. The normalized spacial score (nSPS) is 19.1. The number of piperidine rings is 1. The van der Waals surface area contributed by atoms with Gasteiger partial charge in [0.1, 0.15) is 0 Å². The average Bonchev–Trinajstić information content (AvgIpc) is 3.11. The summed E-state index contributed by atoms with van der Waals surface area (Å²) in [5.74, 6) is -0.643. The van der Waals surface area contributed by atoms with Crippen molar-refractivity contribution in [1.29, 1.82) is 0 Å². The number of benzene rings is 1. The Morgan fingerprint density at radius 3 is 2.39 bits per heavy atom. The van der Waals surface area contributed by atoms with Crippen LogP contribution in [0.3, 0.4) is 0 Å². The first kappa shape index (κ1) is 21.2. The summed E-state index contributed by atoms with van der Waals surface area (Å²) < 4.78 is 1.90. The summed E-state index contributed by atoms with van der Waals surface area (Å²) in [4.78, 5) is 27.2. The number of amides is 1. The van der Waals surface area contributed by atoms with Crippen LogP contribution in [0.2, 0.25) is 0 Å². The Kier molecular flexibility index (Phi) is 5.86. The Morgan fingerprint density at radius 2 is 1.71 bits per heavy atom. The molecule has 1 unspecified atom stereocenters. The molecule has 2 heterocycles. The van der Waals surface area contributed by atoms with Gasteiger partial charge in [0.2, 0.25) is 0 Å². The molecule has 31 heavy (non-hydrogen) atoms. The molecule has 4 rings (SSSR count). The van der Waals surface area contributed by atoms with Crippen molar-refractivity contribution in [2.75, 3.05) is 13.1 Å². The van der Waals surface area contributed by atoms with Gasteiger partial charge in [0, 0.05) is 36.0 Å². The van der Waals surface area contributed by atoms with Crippen molar-refractivity contribution >= 4 is 11.9 Å². The van der Waals surface area contributed by atoms with E-state index in [1.807, 2.05) is 35.4 Å². The van der Waals surface area contributed by atoms with Crippen LogP contribution in [0.25, 0.3) is 5.69 Å². The standard InChI is InChI=1S/C26H30N2O3/c1-17-7-4-5-9-22(17)21-8-6-14-27(16-21)25(29)20-12-13-23(26(30)31)24(15-20)28-18(2)10-11-19(28)3/h7,9-13,15,21H,4-6,8,14,16H2,1-3H3,(H,30,31). The zero-order valence-electron chi connectivity index (χ0n) is 18.5. The summed E-state index contributed by atoms with van der Waals surface area (Å²) in [6.45, 7) is 7.51. The molecule has 1 aromatic heterocycles. The molecule has 1 aliphatic carbocycles. The second-order valence-electron chi connectivity index (χ2n) is 8.70. The summed E-state index contributed by atoms with van der Waals surface area (Å²) >= 11 is 0. The molecule has 2 aromatic rings. The summed E-state index contributed by atoms with van der Waals surface area (Å²) in [6.07, 6.45) is 8.90. The van der Waals surface area contributed by atoms with Gasteiger partial charge in [-0.2, -0.15) is 0 Å². The number of aryl methyl sites for hydroxylation is 2. The number of carbonyl (C=O) groups is 2. The lowest BCUT2D eigenvalue weighted by Gasteiger charge is -2.35. The van der Waals surface area contributed by atoms with E-state index in [0.717, 1.165) is 43.6 Å². The van der Waals surface area contributed by atoms with Crippen LogP contribution in [0.5, 0.6) is 0 Å². The third-order valence-corrected chi connectivity index (χ3v) is 6.57. The number of aromatic carboxylic acids is 1. The second-order valence-corrected chi connectivity index (χ2v) is 8.70. The highest BCUT2D eigenvalue weighted by molar-refractivity contribution is 5.98. The molecule has 2 aliphatic rings. The Bertz CT molecular complexity index is 1070. The SMILES string of the molecule is CC1=CCCC=C1C1CCCN(C(=O)c2ccc(C(=O)O)c(-n3c(C)ccc3C)c2)C1. The molecule has 1 aliphatic heterocycles. The quantitative estimate of drug-likeness (QED) is 0.732. The van der Waals surface area contributed by atoms with Crippen LogP contribution in [-0.4, -0.2) is 39.5 Å². The van der Waals surface area contributed by atoms with Gasteiger partial charge in [-0.25, -0.2) is 4.79 Å². The fraction of sp³-hybridized carbons (Fsp3) is 0.385. The van der Waals surface area contributed by atoms with Crippen molar-refractivity contribution in [3.05, 3.63) is 76.1 Å². The molecule has 1 amide bonds. The van der Waals surface area contributed by atoms with Crippen LogP contribution in [-0.2, 0) is 0 Å². The highest BCUT2D eigenvalue weighted by atomic mass is 16.4. The Morgan fingerprint density at radius 1 is 1.00 bits per heavy atom. The maximum Gasteiger partial charge on any atom is 0.337 e. The maximum absolute atomic E-state index is 13.4. The van der Waals surface area contributed by atoms with Crippen molar-refractivity contribution in [2.24, 2.45) is 5.92 Å². The van der Waals surface area contributed by atoms with Gasteiger partial charge in [0.15, 0.2) is 0 Å². The van der Waals surface area contributed by atoms with Gasteiger partial charge < -0.3 is 14.6 Å². The molecular weight excluding hydrogens is 388 g/mol. The lowest BCUT2D eigenvalue weighted by atomic mass is 9.83. The predicted molar refractivity (Wildman–Crippen MR) is 122 cm³/mol. The number of rotatable bonds is 4. The van der Waals surface area contributed by atoms with Gasteiger partial charge in [0.05, 0.1) is 11.3 Å².